The van der Waals surface area contributed by atoms with Crippen molar-refractivity contribution in [3.63, 3.8) is 0 Å². The summed E-state index contributed by atoms with van der Waals surface area (Å²) in [5.41, 5.74) is 0.792. The van der Waals surface area contributed by atoms with Crippen molar-refractivity contribution in [1.82, 2.24) is 25.1 Å². The number of likely N-dealkylation sites (N-methyl/N-ethyl adjacent to an activating group) is 1. The first kappa shape index (κ1) is 16.9. The number of amides is 1. The van der Waals surface area contributed by atoms with Crippen LogP contribution in [0, 0.1) is 0 Å². The highest BCUT2D eigenvalue weighted by atomic mass is 35.5. The molecule has 0 bridgehead atoms. The van der Waals surface area contributed by atoms with Gasteiger partial charge in [0.2, 0.25) is 11.7 Å². The molecule has 24 heavy (non-hydrogen) atoms. The van der Waals surface area contributed by atoms with Crippen LogP contribution in [-0.4, -0.2) is 43.6 Å². The average Bonchev–Trinajstić information content (AvgIpc) is 3.05. The van der Waals surface area contributed by atoms with Crippen LogP contribution in [0.2, 0.25) is 5.02 Å². The number of benzene rings is 1. The molecule has 1 fully saturated rings. The first-order chi connectivity index (χ1) is 11.7. The third kappa shape index (κ3) is 3.93. The van der Waals surface area contributed by atoms with Gasteiger partial charge in [-0.2, -0.15) is 4.80 Å². The molecule has 1 aliphatic carbocycles. The van der Waals surface area contributed by atoms with Crippen molar-refractivity contribution in [3.8, 4) is 11.4 Å². The minimum Gasteiger partial charge on any atom is -0.338 e. The summed E-state index contributed by atoms with van der Waals surface area (Å²) in [6.45, 7) is 2.87. The molecule has 0 aliphatic heterocycles. The van der Waals surface area contributed by atoms with E-state index in [1.807, 2.05) is 24.0 Å². The van der Waals surface area contributed by atoms with Gasteiger partial charge in [0.25, 0.3) is 0 Å². The molecule has 0 spiro atoms. The van der Waals surface area contributed by atoms with E-state index in [9.17, 15) is 4.79 Å². The van der Waals surface area contributed by atoms with Gasteiger partial charge in [0.15, 0.2) is 0 Å². The van der Waals surface area contributed by atoms with Gasteiger partial charge in [-0.15, -0.1) is 10.2 Å². The van der Waals surface area contributed by atoms with Crippen molar-refractivity contribution in [1.29, 1.82) is 0 Å². The SMILES string of the molecule is CCN(C(=O)Cn1nnc(-c2cccc(Cl)c2)n1)C1CCCCC1. The molecule has 0 saturated heterocycles. The number of nitrogens with zero attached hydrogens (tertiary/aromatic N) is 5. The Morgan fingerprint density at radius 2 is 2.12 bits per heavy atom. The summed E-state index contributed by atoms with van der Waals surface area (Å²) in [6, 6.07) is 7.64. The van der Waals surface area contributed by atoms with E-state index in [2.05, 4.69) is 15.4 Å². The minimum atomic E-state index is 0.0550. The summed E-state index contributed by atoms with van der Waals surface area (Å²) >= 11 is 5.99. The monoisotopic (exact) mass is 347 g/mol. The highest BCUT2D eigenvalue weighted by Crippen LogP contribution is 2.23. The molecule has 0 unspecified atom stereocenters. The van der Waals surface area contributed by atoms with Crippen molar-refractivity contribution in [2.45, 2.75) is 51.6 Å². The molecule has 1 saturated carbocycles. The Morgan fingerprint density at radius 1 is 1.33 bits per heavy atom. The van der Waals surface area contributed by atoms with E-state index >= 15 is 0 Å². The van der Waals surface area contributed by atoms with Crippen LogP contribution in [0.4, 0.5) is 0 Å². The predicted molar refractivity (Wildman–Crippen MR) is 92.5 cm³/mol. The summed E-state index contributed by atoms with van der Waals surface area (Å²) in [4.78, 5) is 15.9. The first-order valence-corrected chi connectivity index (χ1v) is 8.88. The van der Waals surface area contributed by atoms with Gasteiger partial charge in [-0.1, -0.05) is 43.0 Å². The summed E-state index contributed by atoms with van der Waals surface area (Å²) in [7, 11) is 0. The van der Waals surface area contributed by atoms with Gasteiger partial charge in [-0.05, 0) is 37.1 Å². The van der Waals surface area contributed by atoms with Gasteiger partial charge in [-0.3, -0.25) is 4.79 Å². The lowest BCUT2D eigenvalue weighted by Crippen LogP contribution is -2.43. The molecule has 1 aromatic heterocycles. The Morgan fingerprint density at radius 3 is 2.83 bits per heavy atom. The van der Waals surface area contributed by atoms with Crippen molar-refractivity contribution < 1.29 is 4.79 Å². The Bertz CT molecular complexity index is 696. The lowest BCUT2D eigenvalue weighted by molar-refractivity contribution is -0.135. The topological polar surface area (TPSA) is 63.9 Å². The molecule has 2 aromatic rings. The number of carbonyl (C=O) groups is 1. The largest absolute Gasteiger partial charge is 0.338 e. The molecular weight excluding hydrogens is 326 g/mol. The van der Waals surface area contributed by atoms with Crippen molar-refractivity contribution in [2.24, 2.45) is 0 Å². The van der Waals surface area contributed by atoms with Crippen LogP contribution in [0.25, 0.3) is 11.4 Å². The van der Waals surface area contributed by atoms with Gasteiger partial charge in [-0.25, -0.2) is 0 Å². The standard InChI is InChI=1S/C17H22ClN5O/c1-2-22(15-9-4-3-5-10-15)16(24)12-23-20-17(19-21-23)13-7-6-8-14(18)11-13/h6-8,11,15H,2-5,9-10,12H2,1H3. The molecular formula is C17H22ClN5O. The summed E-state index contributed by atoms with van der Waals surface area (Å²) in [6.07, 6.45) is 5.87. The van der Waals surface area contributed by atoms with Crippen molar-refractivity contribution >= 4 is 17.5 Å². The fraction of sp³-hybridized carbons (Fsp3) is 0.529. The maximum atomic E-state index is 12.6. The fourth-order valence-electron chi connectivity index (χ4n) is 3.30. The second kappa shape index (κ2) is 7.75. The van der Waals surface area contributed by atoms with Gasteiger partial charge < -0.3 is 4.90 Å². The zero-order chi connectivity index (χ0) is 16.9. The fourth-order valence-corrected chi connectivity index (χ4v) is 3.49. The normalized spacial score (nSPS) is 15.4. The Kier molecular flexibility index (Phi) is 5.45. The Labute approximate surface area is 146 Å². The molecule has 128 valence electrons. The molecule has 1 heterocycles. The molecule has 1 amide bonds. The number of carbonyl (C=O) groups excluding carboxylic acids is 1. The van der Waals surface area contributed by atoms with Crippen LogP contribution in [-0.2, 0) is 11.3 Å². The predicted octanol–water partition coefficient (Wildman–Crippen LogP) is 3.17. The van der Waals surface area contributed by atoms with Gasteiger partial charge in [0.05, 0.1) is 0 Å². The molecule has 0 radical (unpaired) electrons. The number of aromatic nitrogens is 4. The molecule has 6 nitrogen and oxygen atoms in total. The third-order valence-corrected chi connectivity index (χ3v) is 4.72. The number of hydrogen-bond acceptors (Lipinski definition) is 4. The molecule has 1 aromatic carbocycles. The number of rotatable bonds is 5. The van der Waals surface area contributed by atoms with Crippen molar-refractivity contribution in [2.75, 3.05) is 6.54 Å². The van der Waals surface area contributed by atoms with Gasteiger partial charge in [0, 0.05) is 23.2 Å². The lowest BCUT2D eigenvalue weighted by atomic mass is 9.94. The summed E-state index contributed by atoms with van der Waals surface area (Å²) in [5.74, 6) is 0.533. The van der Waals surface area contributed by atoms with Crippen molar-refractivity contribution in [3.05, 3.63) is 29.3 Å². The first-order valence-electron chi connectivity index (χ1n) is 8.50. The number of tetrazole rings is 1. The Balaban J connectivity index is 1.68. The van der Waals surface area contributed by atoms with Crippen LogP contribution in [0.3, 0.4) is 0 Å². The van der Waals surface area contributed by atoms with Crippen LogP contribution in [0.5, 0.6) is 0 Å². The van der Waals surface area contributed by atoms with E-state index < -0.39 is 0 Å². The zero-order valence-corrected chi connectivity index (χ0v) is 14.6. The van der Waals surface area contributed by atoms with Crippen LogP contribution >= 0.6 is 11.6 Å². The lowest BCUT2D eigenvalue weighted by Gasteiger charge is -2.33. The molecule has 1 aliphatic rings. The number of hydrogen-bond donors (Lipinski definition) is 0. The van der Waals surface area contributed by atoms with E-state index in [1.165, 1.54) is 24.1 Å². The van der Waals surface area contributed by atoms with E-state index in [1.54, 1.807) is 12.1 Å². The van der Waals surface area contributed by atoms with E-state index in [4.69, 9.17) is 11.6 Å². The van der Waals surface area contributed by atoms with Crippen LogP contribution in [0.15, 0.2) is 24.3 Å². The van der Waals surface area contributed by atoms with Gasteiger partial charge >= 0.3 is 0 Å². The maximum Gasteiger partial charge on any atom is 0.246 e. The van der Waals surface area contributed by atoms with Crippen LogP contribution < -0.4 is 0 Å². The van der Waals surface area contributed by atoms with E-state index in [-0.39, 0.29) is 12.5 Å². The second-order valence-electron chi connectivity index (χ2n) is 6.13. The molecule has 0 atom stereocenters. The van der Waals surface area contributed by atoms with E-state index in [0.29, 0.717) is 16.9 Å². The molecule has 3 rings (SSSR count). The highest BCUT2D eigenvalue weighted by molar-refractivity contribution is 6.30. The quantitative estimate of drug-likeness (QED) is 0.833. The Hall–Kier alpha value is -1.95. The average molecular weight is 348 g/mol. The minimum absolute atomic E-state index is 0.0550. The second-order valence-corrected chi connectivity index (χ2v) is 6.56. The third-order valence-electron chi connectivity index (χ3n) is 4.49. The molecule has 7 heteroatoms. The van der Waals surface area contributed by atoms with E-state index in [0.717, 1.165) is 24.9 Å². The summed E-state index contributed by atoms with van der Waals surface area (Å²) in [5, 5.41) is 13.0. The summed E-state index contributed by atoms with van der Waals surface area (Å²) < 4.78 is 0. The van der Waals surface area contributed by atoms with Crippen LogP contribution in [0.1, 0.15) is 39.0 Å². The number of halogens is 1. The maximum absolute atomic E-state index is 12.6. The smallest absolute Gasteiger partial charge is 0.246 e. The highest BCUT2D eigenvalue weighted by Gasteiger charge is 2.24. The molecule has 0 N–H and O–H groups in total. The zero-order valence-electron chi connectivity index (χ0n) is 13.9. The van der Waals surface area contributed by atoms with Gasteiger partial charge in [0.1, 0.15) is 6.54 Å².